The summed E-state index contributed by atoms with van der Waals surface area (Å²) in [6.45, 7) is 1.04. The topological polar surface area (TPSA) is 177 Å². The van der Waals surface area contributed by atoms with Crippen molar-refractivity contribution in [2.24, 2.45) is 0 Å². The van der Waals surface area contributed by atoms with Crippen molar-refractivity contribution in [3.63, 3.8) is 0 Å². The van der Waals surface area contributed by atoms with Crippen molar-refractivity contribution in [1.82, 2.24) is 36.0 Å². The second kappa shape index (κ2) is 23.4. The fraction of sp³-hybridized carbons (Fsp3) is 0.741. The van der Waals surface area contributed by atoms with E-state index in [2.05, 4.69) is 21.3 Å². The van der Waals surface area contributed by atoms with Crippen LogP contribution in [-0.2, 0) is 33.6 Å². The molecule has 42 heavy (non-hydrogen) atoms. The maximum atomic E-state index is 13.1. The molecule has 0 radical (unpaired) electrons. The van der Waals surface area contributed by atoms with Crippen LogP contribution in [0.3, 0.4) is 0 Å². The van der Waals surface area contributed by atoms with Crippen LogP contribution in [0, 0.1) is 0 Å². The number of ketones is 1. The van der Waals surface area contributed by atoms with Crippen molar-refractivity contribution in [2.45, 2.75) is 44.9 Å². The lowest BCUT2D eigenvalue weighted by Gasteiger charge is -2.27. The Hall–Kier alpha value is -3.20. The van der Waals surface area contributed by atoms with Crippen molar-refractivity contribution < 1.29 is 33.6 Å². The molecule has 0 aromatic heterocycles. The van der Waals surface area contributed by atoms with Gasteiger partial charge in [0.2, 0.25) is 35.4 Å². The van der Waals surface area contributed by atoms with Crippen molar-refractivity contribution in [3.8, 4) is 0 Å². The summed E-state index contributed by atoms with van der Waals surface area (Å²) in [4.78, 5) is 90.5. The number of carbonyl (C=O) groups is 7. The monoisotopic (exact) mass is 615 g/mol. The van der Waals surface area contributed by atoms with Gasteiger partial charge in [-0.2, -0.15) is 11.8 Å². The van der Waals surface area contributed by atoms with Gasteiger partial charge in [0.05, 0.1) is 6.54 Å². The number of hydrogen-bond acceptors (Lipinski definition) is 9. The first kappa shape index (κ1) is 38.8. The molecule has 0 aromatic rings. The van der Waals surface area contributed by atoms with Gasteiger partial charge < -0.3 is 31.1 Å². The molecule has 0 spiro atoms. The van der Waals surface area contributed by atoms with Crippen molar-refractivity contribution in [2.75, 3.05) is 86.0 Å². The summed E-state index contributed by atoms with van der Waals surface area (Å²) in [6.07, 6.45) is 2.67. The third kappa shape index (κ3) is 18.3. The fourth-order valence-electron chi connectivity index (χ4n) is 3.81. The van der Waals surface area contributed by atoms with Crippen LogP contribution in [0.2, 0.25) is 0 Å². The Labute approximate surface area is 253 Å². The van der Waals surface area contributed by atoms with E-state index < -0.39 is 0 Å². The van der Waals surface area contributed by atoms with Gasteiger partial charge in [-0.05, 0) is 12.0 Å². The molecule has 14 nitrogen and oxygen atoms in total. The van der Waals surface area contributed by atoms with Gasteiger partial charge in [-0.15, -0.1) is 0 Å². The number of thioether (sulfide) groups is 1. The lowest BCUT2D eigenvalue weighted by Crippen LogP contribution is -2.41. The average molecular weight is 616 g/mol. The maximum Gasteiger partial charge on any atom is 0.223 e. The van der Waals surface area contributed by atoms with E-state index in [1.54, 1.807) is 16.7 Å². The molecule has 0 atom stereocenters. The van der Waals surface area contributed by atoms with Crippen LogP contribution in [0.5, 0.6) is 0 Å². The Morgan fingerprint density at radius 3 is 1.12 bits per heavy atom. The van der Waals surface area contributed by atoms with E-state index >= 15 is 0 Å². The smallest absolute Gasteiger partial charge is 0.223 e. The Balaban J connectivity index is 5.48. The number of nitrogens with one attached hydrogen (secondary N) is 4. The molecule has 0 aromatic carbocycles. The Bertz CT molecular complexity index is 804. The standard InChI is InChI=1S/C27H49N7O7S/c1-28-22(36)6-15-33(16-7-23(37)29-2)26(40)10-13-32(20-21(35)12-19-42-5)14-11-27(41)34(17-8-24(38)30-3)18-9-25(39)31-4/h6-20H2,1-5H3,(H,28,36)(H,29,37)(H,30,38)(H,31,39). The molecule has 0 aliphatic heterocycles. The summed E-state index contributed by atoms with van der Waals surface area (Å²) in [5.74, 6) is -0.827. The van der Waals surface area contributed by atoms with Gasteiger partial charge in [0.15, 0.2) is 0 Å². The first-order chi connectivity index (χ1) is 20.0. The van der Waals surface area contributed by atoms with Gasteiger partial charge in [-0.3, -0.25) is 38.5 Å². The predicted octanol–water partition coefficient (Wildman–Crippen LogP) is -1.41. The molecule has 0 unspecified atom stereocenters. The highest BCUT2D eigenvalue weighted by molar-refractivity contribution is 7.98. The highest BCUT2D eigenvalue weighted by Crippen LogP contribution is 2.07. The molecule has 0 saturated carbocycles. The lowest BCUT2D eigenvalue weighted by molar-refractivity contribution is -0.133. The lowest BCUT2D eigenvalue weighted by atomic mass is 10.2. The van der Waals surface area contributed by atoms with Gasteiger partial charge in [-0.1, -0.05) is 0 Å². The summed E-state index contributed by atoms with van der Waals surface area (Å²) in [6, 6.07) is 0. The minimum atomic E-state index is -0.270. The highest BCUT2D eigenvalue weighted by Gasteiger charge is 2.21. The molecule has 0 aliphatic carbocycles. The van der Waals surface area contributed by atoms with Crippen molar-refractivity contribution in [1.29, 1.82) is 0 Å². The van der Waals surface area contributed by atoms with Crippen LogP contribution in [0.1, 0.15) is 44.9 Å². The van der Waals surface area contributed by atoms with E-state index in [9.17, 15) is 33.6 Å². The molecule has 0 bridgehead atoms. The third-order valence-corrected chi connectivity index (χ3v) is 7.14. The largest absolute Gasteiger partial charge is 0.359 e. The molecule has 0 saturated heterocycles. The van der Waals surface area contributed by atoms with Crippen molar-refractivity contribution in [3.05, 3.63) is 0 Å². The molecule has 0 heterocycles. The highest BCUT2D eigenvalue weighted by atomic mass is 32.2. The zero-order valence-corrected chi connectivity index (χ0v) is 26.5. The molecule has 6 amide bonds. The average Bonchev–Trinajstić information content (AvgIpc) is 2.99. The molecule has 4 N–H and O–H groups in total. The number of nitrogens with zero attached hydrogens (tertiary/aromatic N) is 3. The van der Waals surface area contributed by atoms with E-state index in [4.69, 9.17) is 0 Å². The molecule has 0 fully saturated rings. The molecular formula is C27H49N7O7S. The van der Waals surface area contributed by atoms with Crippen LogP contribution in [0.15, 0.2) is 0 Å². The van der Waals surface area contributed by atoms with Gasteiger partial charge in [-0.25, -0.2) is 0 Å². The predicted molar refractivity (Wildman–Crippen MR) is 162 cm³/mol. The molecule has 240 valence electrons. The van der Waals surface area contributed by atoms with E-state index in [0.29, 0.717) is 12.2 Å². The van der Waals surface area contributed by atoms with Crippen LogP contribution >= 0.6 is 11.8 Å². The number of carbonyl (C=O) groups excluding carboxylic acids is 7. The molecular weight excluding hydrogens is 566 g/mol. The Kier molecular flexibility index (Phi) is 21.6. The second-order valence-corrected chi connectivity index (χ2v) is 10.5. The third-order valence-electron chi connectivity index (χ3n) is 6.52. The number of amides is 6. The zero-order chi connectivity index (χ0) is 31.9. The number of rotatable bonds is 23. The summed E-state index contributed by atoms with van der Waals surface area (Å²) in [5.41, 5.74) is 0. The van der Waals surface area contributed by atoms with Crippen molar-refractivity contribution >= 4 is 53.0 Å². The number of hydrogen-bond donors (Lipinski definition) is 4. The van der Waals surface area contributed by atoms with E-state index in [1.165, 1.54) is 38.0 Å². The quantitative estimate of drug-likeness (QED) is 0.108. The molecule has 0 rings (SSSR count). The fourth-order valence-corrected chi connectivity index (χ4v) is 4.24. The minimum Gasteiger partial charge on any atom is -0.359 e. The summed E-state index contributed by atoms with van der Waals surface area (Å²) >= 11 is 1.55. The van der Waals surface area contributed by atoms with Crippen LogP contribution in [0.25, 0.3) is 0 Å². The Morgan fingerprint density at radius 1 is 0.500 bits per heavy atom. The zero-order valence-electron chi connectivity index (χ0n) is 25.7. The summed E-state index contributed by atoms with van der Waals surface area (Å²) in [7, 11) is 6.02. The van der Waals surface area contributed by atoms with E-state index in [-0.39, 0.29) is 126 Å². The SMILES string of the molecule is CNC(=O)CCN(CCC(=O)NC)C(=O)CCN(CCC(=O)N(CCC(=O)NC)CCC(=O)NC)CC(=O)CCSC. The van der Waals surface area contributed by atoms with Gasteiger partial charge in [0.1, 0.15) is 5.78 Å². The molecule has 0 aliphatic rings. The normalized spacial score (nSPS) is 10.5. The maximum absolute atomic E-state index is 13.1. The van der Waals surface area contributed by atoms with E-state index in [1.807, 2.05) is 6.26 Å². The summed E-state index contributed by atoms with van der Waals surface area (Å²) < 4.78 is 0. The first-order valence-electron chi connectivity index (χ1n) is 14.1. The first-order valence-corrected chi connectivity index (χ1v) is 15.5. The minimum absolute atomic E-state index is 0.0172. The van der Waals surface area contributed by atoms with Gasteiger partial charge >= 0.3 is 0 Å². The van der Waals surface area contributed by atoms with Crippen LogP contribution in [0.4, 0.5) is 0 Å². The number of Topliss-reactive ketones (excluding diaryl/α,β-unsaturated/α-hetero) is 1. The van der Waals surface area contributed by atoms with Gasteiger partial charge in [0.25, 0.3) is 0 Å². The Morgan fingerprint density at radius 2 is 0.833 bits per heavy atom. The second-order valence-electron chi connectivity index (χ2n) is 9.51. The van der Waals surface area contributed by atoms with Crippen LogP contribution < -0.4 is 21.3 Å². The summed E-state index contributed by atoms with van der Waals surface area (Å²) in [5, 5.41) is 10.1. The van der Waals surface area contributed by atoms with Gasteiger partial charge in [0, 0.05) is 112 Å². The van der Waals surface area contributed by atoms with E-state index in [0.717, 1.165) is 0 Å². The molecule has 15 heteroatoms. The van der Waals surface area contributed by atoms with Crippen LogP contribution in [-0.4, -0.2) is 142 Å².